The van der Waals surface area contributed by atoms with Crippen LogP contribution in [0.15, 0.2) is 18.2 Å². The first-order valence-electron chi connectivity index (χ1n) is 7.79. The van der Waals surface area contributed by atoms with Gasteiger partial charge in [0.05, 0.1) is 37.4 Å². The maximum absolute atomic E-state index is 14.5. The van der Waals surface area contributed by atoms with Crippen molar-refractivity contribution < 1.29 is 31.3 Å². The van der Waals surface area contributed by atoms with E-state index in [1.54, 1.807) is 6.07 Å². The highest BCUT2D eigenvalue weighted by Crippen LogP contribution is 2.35. The Morgan fingerprint density at radius 3 is 2.72 bits per heavy atom. The van der Waals surface area contributed by atoms with Crippen LogP contribution in [0.1, 0.15) is 0 Å². The van der Waals surface area contributed by atoms with Gasteiger partial charge in [-0.25, -0.2) is 9.18 Å². The van der Waals surface area contributed by atoms with Gasteiger partial charge >= 0.3 is 6.09 Å². The number of morpholine rings is 1. The fraction of sp³-hybridized carbons (Fsp3) is 0.533. The molecule has 3 rings (SSSR count). The molecule has 1 amide bonds. The smallest absolute Gasteiger partial charge is 0.414 e. The number of ether oxygens (including phenoxy) is 2. The van der Waals surface area contributed by atoms with E-state index in [0.29, 0.717) is 37.7 Å². The van der Waals surface area contributed by atoms with E-state index in [1.165, 1.54) is 17.0 Å². The van der Waals surface area contributed by atoms with Crippen LogP contribution in [-0.4, -0.2) is 66.3 Å². The topological polar surface area (TPSA) is 85.4 Å². The van der Waals surface area contributed by atoms with E-state index in [4.69, 9.17) is 9.47 Å². The lowest BCUT2D eigenvalue weighted by molar-refractivity contribution is 0.107. The van der Waals surface area contributed by atoms with Crippen molar-refractivity contribution in [1.29, 1.82) is 0 Å². The molecule has 0 spiro atoms. The van der Waals surface area contributed by atoms with Crippen LogP contribution >= 0.6 is 0 Å². The van der Waals surface area contributed by atoms with Crippen molar-refractivity contribution in [2.24, 2.45) is 0 Å². The second kappa shape index (κ2) is 7.14. The summed E-state index contributed by atoms with van der Waals surface area (Å²) in [4.78, 5) is 15.3. The minimum atomic E-state index is -3.64. The summed E-state index contributed by atoms with van der Waals surface area (Å²) in [6.07, 6.45) is -0.491. The number of rotatable bonds is 5. The average molecular weight is 374 g/mol. The Hall–Kier alpha value is -1.91. The Kier molecular flexibility index (Phi) is 5.11. The Morgan fingerprint density at radius 1 is 1.32 bits per heavy atom. The molecule has 2 fully saturated rings. The number of hydrogen-bond donors (Lipinski definition) is 0. The number of hydrogen-bond acceptors (Lipinski definition) is 7. The van der Waals surface area contributed by atoms with E-state index >= 15 is 0 Å². The van der Waals surface area contributed by atoms with Gasteiger partial charge in [-0.3, -0.25) is 9.08 Å². The number of benzene rings is 1. The molecule has 2 aliphatic rings. The maximum Gasteiger partial charge on any atom is 0.414 e. The molecule has 2 heterocycles. The molecular weight excluding hydrogens is 355 g/mol. The van der Waals surface area contributed by atoms with Crippen LogP contribution < -0.4 is 9.80 Å². The number of anilines is 2. The number of carbonyl (C=O) groups excluding carboxylic acids is 1. The highest BCUT2D eigenvalue weighted by atomic mass is 32.2. The number of carbonyl (C=O) groups is 1. The van der Waals surface area contributed by atoms with Gasteiger partial charge in [0.15, 0.2) is 0 Å². The zero-order valence-electron chi connectivity index (χ0n) is 13.7. The highest BCUT2D eigenvalue weighted by molar-refractivity contribution is 7.85. The normalized spacial score (nSPS) is 21.5. The van der Waals surface area contributed by atoms with Crippen molar-refractivity contribution in [3.8, 4) is 0 Å². The molecule has 0 saturated carbocycles. The zero-order valence-corrected chi connectivity index (χ0v) is 14.5. The first kappa shape index (κ1) is 17.9. The molecule has 1 aromatic rings. The van der Waals surface area contributed by atoms with Gasteiger partial charge in [-0.2, -0.15) is 8.42 Å². The van der Waals surface area contributed by atoms with Crippen LogP contribution in [0, 0.1) is 5.82 Å². The predicted octanol–water partition coefficient (Wildman–Crippen LogP) is 0.964. The molecule has 1 aromatic carbocycles. The Morgan fingerprint density at radius 2 is 2.04 bits per heavy atom. The molecule has 2 aliphatic heterocycles. The van der Waals surface area contributed by atoms with Crippen LogP contribution in [0.2, 0.25) is 0 Å². The minimum absolute atomic E-state index is 0.0785. The van der Waals surface area contributed by atoms with E-state index in [1.807, 2.05) is 4.90 Å². The quantitative estimate of drug-likeness (QED) is 0.710. The molecule has 1 atom stereocenters. The fourth-order valence-electron chi connectivity index (χ4n) is 2.83. The lowest BCUT2D eigenvalue weighted by Crippen LogP contribution is -2.38. The van der Waals surface area contributed by atoms with E-state index < -0.39 is 28.1 Å². The van der Waals surface area contributed by atoms with Crippen LogP contribution in [0.5, 0.6) is 0 Å². The zero-order chi connectivity index (χ0) is 18.0. The van der Waals surface area contributed by atoms with Gasteiger partial charge in [-0.15, -0.1) is 0 Å². The molecule has 8 nitrogen and oxygen atoms in total. The number of cyclic esters (lactones) is 1. The molecule has 138 valence electrons. The molecule has 25 heavy (non-hydrogen) atoms. The fourth-order valence-corrected chi connectivity index (χ4v) is 3.23. The van der Waals surface area contributed by atoms with Gasteiger partial charge in [-0.1, -0.05) is 6.07 Å². The second-order valence-corrected chi connectivity index (χ2v) is 7.46. The number of para-hydroxylation sites is 1. The summed E-state index contributed by atoms with van der Waals surface area (Å²) in [5.41, 5.74) is 0.696. The summed E-state index contributed by atoms with van der Waals surface area (Å²) in [5.74, 6) is -0.442. The van der Waals surface area contributed by atoms with Gasteiger partial charge in [-0.05, 0) is 12.1 Å². The van der Waals surface area contributed by atoms with E-state index in [-0.39, 0.29) is 13.2 Å². The van der Waals surface area contributed by atoms with Crippen molar-refractivity contribution in [2.75, 3.05) is 55.5 Å². The van der Waals surface area contributed by atoms with E-state index in [9.17, 15) is 17.6 Å². The largest absolute Gasteiger partial charge is 0.441 e. The SMILES string of the molecule is CS(=O)(=O)OCC1CN(c2cccc(F)c2N2CCOCC2)C(=O)O1. The first-order chi connectivity index (χ1) is 11.8. The Bertz CT molecular complexity index is 750. The van der Waals surface area contributed by atoms with Crippen molar-refractivity contribution in [3.05, 3.63) is 24.0 Å². The van der Waals surface area contributed by atoms with Crippen LogP contribution in [0.25, 0.3) is 0 Å². The number of amides is 1. The standard InChI is InChI=1S/C15H19FN2O6S/c1-25(20,21)23-10-11-9-18(15(19)24-11)13-4-2-3-12(16)14(13)17-5-7-22-8-6-17/h2-4,11H,5-10H2,1H3. The lowest BCUT2D eigenvalue weighted by Gasteiger charge is -2.32. The summed E-state index contributed by atoms with van der Waals surface area (Å²) in [5, 5.41) is 0. The van der Waals surface area contributed by atoms with E-state index in [2.05, 4.69) is 4.18 Å². The average Bonchev–Trinajstić information content (AvgIpc) is 2.94. The van der Waals surface area contributed by atoms with Gasteiger partial charge < -0.3 is 14.4 Å². The molecule has 0 aliphatic carbocycles. The van der Waals surface area contributed by atoms with Gasteiger partial charge in [0, 0.05) is 13.1 Å². The lowest BCUT2D eigenvalue weighted by atomic mass is 10.2. The maximum atomic E-state index is 14.5. The number of halogens is 1. The summed E-state index contributed by atoms with van der Waals surface area (Å²) < 4.78 is 51.7. The van der Waals surface area contributed by atoms with Crippen LogP contribution in [0.3, 0.4) is 0 Å². The Balaban J connectivity index is 1.81. The molecular formula is C15H19FN2O6S. The molecule has 0 N–H and O–H groups in total. The van der Waals surface area contributed by atoms with Crippen molar-refractivity contribution in [1.82, 2.24) is 0 Å². The third-order valence-electron chi connectivity index (χ3n) is 3.93. The third-order valence-corrected chi connectivity index (χ3v) is 4.49. The van der Waals surface area contributed by atoms with Crippen molar-refractivity contribution in [2.45, 2.75) is 6.10 Å². The van der Waals surface area contributed by atoms with Crippen molar-refractivity contribution in [3.63, 3.8) is 0 Å². The van der Waals surface area contributed by atoms with Gasteiger partial charge in [0.1, 0.15) is 18.5 Å². The summed E-state index contributed by atoms with van der Waals surface area (Å²) >= 11 is 0. The highest BCUT2D eigenvalue weighted by Gasteiger charge is 2.36. The van der Waals surface area contributed by atoms with Gasteiger partial charge in [0.2, 0.25) is 0 Å². The summed E-state index contributed by atoms with van der Waals surface area (Å²) in [7, 11) is -3.64. The van der Waals surface area contributed by atoms with Crippen molar-refractivity contribution >= 4 is 27.6 Å². The first-order valence-corrected chi connectivity index (χ1v) is 9.60. The second-order valence-electron chi connectivity index (χ2n) is 5.81. The van der Waals surface area contributed by atoms with E-state index in [0.717, 1.165) is 6.26 Å². The summed E-state index contributed by atoms with van der Waals surface area (Å²) in [6, 6.07) is 4.48. The monoisotopic (exact) mass is 374 g/mol. The molecule has 2 saturated heterocycles. The molecule has 1 unspecified atom stereocenters. The number of nitrogens with zero attached hydrogens (tertiary/aromatic N) is 2. The predicted molar refractivity (Wildman–Crippen MR) is 87.8 cm³/mol. The third kappa shape index (κ3) is 4.20. The molecule has 0 radical (unpaired) electrons. The molecule has 10 heteroatoms. The molecule has 0 bridgehead atoms. The molecule has 0 aromatic heterocycles. The minimum Gasteiger partial charge on any atom is -0.441 e. The Labute approximate surface area is 145 Å². The van der Waals surface area contributed by atoms with Crippen LogP contribution in [-0.2, 0) is 23.8 Å². The van der Waals surface area contributed by atoms with Crippen LogP contribution in [0.4, 0.5) is 20.6 Å². The van der Waals surface area contributed by atoms with Gasteiger partial charge in [0.25, 0.3) is 10.1 Å². The summed E-state index contributed by atoms with van der Waals surface area (Å²) in [6.45, 7) is 1.78.